The van der Waals surface area contributed by atoms with Crippen LogP contribution >= 0.6 is 15.9 Å². The molecule has 1 aliphatic carbocycles. The molecule has 0 spiro atoms. The van der Waals surface area contributed by atoms with Gasteiger partial charge >= 0.3 is 0 Å². The summed E-state index contributed by atoms with van der Waals surface area (Å²) < 4.78 is 0. The molecule has 1 saturated carbocycles. The summed E-state index contributed by atoms with van der Waals surface area (Å²) in [6, 6.07) is 0.676. The summed E-state index contributed by atoms with van der Waals surface area (Å²) in [7, 11) is 0. The normalized spacial score (nSPS) is 20.5. The number of rotatable bonds is 6. The van der Waals surface area contributed by atoms with Gasteiger partial charge in [-0.2, -0.15) is 0 Å². The van der Waals surface area contributed by atoms with Crippen molar-refractivity contribution in [2.75, 3.05) is 18.4 Å². The highest BCUT2D eigenvalue weighted by atomic mass is 79.9. The molecule has 0 bridgehead atoms. The molecule has 102 valence electrons. The highest BCUT2D eigenvalue weighted by Crippen LogP contribution is 2.39. The Morgan fingerprint density at radius 3 is 2.06 bits per heavy atom. The van der Waals surface area contributed by atoms with Crippen LogP contribution in [0.25, 0.3) is 0 Å². The highest BCUT2D eigenvalue weighted by molar-refractivity contribution is 9.09. The monoisotopic (exact) mass is 303 g/mol. The molecule has 0 radical (unpaired) electrons. The van der Waals surface area contributed by atoms with Crippen LogP contribution in [0.1, 0.15) is 59.8 Å². The molecule has 0 aromatic heterocycles. The molecular formula is C15H30BrN. The molecule has 0 aliphatic heterocycles. The van der Waals surface area contributed by atoms with E-state index in [-0.39, 0.29) is 0 Å². The number of hydrogen-bond donors (Lipinski definition) is 0. The quantitative estimate of drug-likeness (QED) is 0.643. The van der Waals surface area contributed by atoms with Crippen LogP contribution in [-0.2, 0) is 0 Å². The summed E-state index contributed by atoms with van der Waals surface area (Å²) in [6.07, 6.45) is 7.14. The minimum absolute atomic E-state index is 0.553. The maximum atomic E-state index is 3.79. The lowest BCUT2D eigenvalue weighted by atomic mass is 9.75. The minimum atomic E-state index is 0.553. The zero-order valence-corrected chi connectivity index (χ0v) is 13.7. The third-order valence-electron chi connectivity index (χ3n) is 4.07. The predicted molar refractivity (Wildman–Crippen MR) is 80.9 cm³/mol. The van der Waals surface area contributed by atoms with Crippen LogP contribution in [0, 0.1) is 11.3 Å². The van der Waals surface area contributed by atoms with E-state index in [0.717, 1.165) is 5.92 Å². The lowest BCUT2D eigenvalue weighted by Crippen LogP contribution is -2.45. The number of nitrogens with zero attached hydrogens (tertiary/aromatic N) is 1. The fourth-order valence-corrected chi connectivity index (χ4v) is 3.73. The lowest BCUT2D eigenvalue weighted by Gasteiger charge is -2.42. The molecule has 0 aromatic rings. The average molecular weight is 304 g/mol. The molecular weight excluding hydrogens is 274 g/mol. The van der Waals surface area contributed by atoms with Crippen molar-refractivity contribution in [2.24, 2.45) is 11.3 Å². The summed E-state index contributed by atoms with van der Waals surface area (Å²) >= 11 is 3.79. The Hall–Kier alpha value is 0.440. The van der Waals surface area contributed by atoms with Gasteiger partial charge < -0.3 is 4.90 Å². The van der Waals surface area contributed by atoms with Crippen molar-refractivity contribution >= 4 is 15.9 Å². The number of hydrogen-bond acceptors (Lipinski definition) is 1. The van der Waals surface area contributed by atoms with Gasteiger partial charge in [0.15, 0.2) is 0 Å². The Bertz CT molecular complexity index is 207. The Balaban J connectivity index is 2.62. The molecule has 1 fully saturated rings. The largest absolute Gasteiger partial charge is 0.300 e. The molecule has 0 N–H and O–H groups in total. The second kappa shape index (κ2) is 7.13. The Morgan fingerprint density at radius 2 is 1.65 bits per heavy atom. The first-order chi connectivity index (χ1) is 7.99. The van der Waals surface area contributed by atoms with Crippen molar-refractivity contribution in [3.8, 4) is 0 Å². The van der Waals surface area contributed by atoms with Gasteiger partial charge in [0.2, 0.25) is 0 Å². The summed E-state index contributed by atoms with van der Waals surface area (Å²) in [4.78, 5) is 2.69. The van der Waals surface area contributed by atoms with Gasteiger partial charge in [0.1, 0.15) is 0 Å². The molecule has 0 unspecified atom stereocenters. The molecule has 1 aliphatic rings. The molecule has 0 atom stereocenters. The van der Waals surface area contributed by atoms with E-state index in [1.807, 2.05) is 0 Å². The summed E-state index contributed by atoms with van der Waals surface area (Å²) in [6.45, 7) is 11.9. The first kappa shape index (κ1) is 15.5. The van der Waals surface area contributed by atoms with Crippen LogP contribution in [0.4, 0.5) is 0 Å². The fourth-order valence-electron chi connectivity index (χ4n) is 2.99. The topological polar surface area (TPSA) is 3.24 Å². The van der Waals surface area contributed by atoms with Crippen molar-refractivity contribution in [2.45, 2.75) is 65.8 Å². The summed E-state index contributed by atoms with van der Waals surface area (Å²) in [5.41, 5.74) is 0.553. The second-order valence-electron chi connectivity index (χ2n) is 6.61. The van der Waals surface area contributed by atoms with Gasteiger partial charge in [0.05, 0.1) is 0 Å². The van der Waals surface area contributed by atoms with Gasteiger partial charge in [-0.25, -0.2) is 0 Å². The Labute approximate surface area is 116 Å². The van der Waals surface area contributed by atoms with Gasteiger partial charge in [0, 0.05) is 24.5 Å². The minimum Gasteiger partial charge on any atom is -0.300 e. The van der Waals surface area contributed by atoms with Gasteiger partial charge in [0.25, 0.3) is 0 Å². The van der Waals surface area contributed by atoms with Gasteiger partial charge in [-0.15, -0.1) is 0 Å². The smallest absolute Gasteiger partial charge is 0.0100 e. The molecule has 0 amide bonds. The van der Waals surface area contributed by atoms with E-state index < -0.39 is 0 Å². The maximum absolute atomic E-state index is 3.79. The number of alkyl halides is 1. The van der Waals surface area contributed by atoms with Crippen LogP contribution in [0.15, 0.2) is 0 Å². The van der Waals surface area contributed by atoms with Crippen molar-refractivity contribution in [3.63, 3.8) is 0 Å². The standard InChI is InChI=1S/C15H30BrN/c1-13(2)10-17(14(3)4)12-15(11-16)8-6-5-7-9-15/h13-14H,5-12H2,1-4H3. The Kier molecular flexibility index (Phi) is 6.50. The van der Waals surface area contributed by atoms with E-state index in [1.165, 1.54) is 50.5 Å². The molecule has 2 heteroatoms. The van der Waals surface area contributed by atoms with E-state index in [4.69, 9.17) is 0 Å². The van der Waals surface area contributed by atoms with E-state index in [0.29, 0.717) is 11.5 Å². The number of halogens is 1. The maximum Gasteiger partial charge on any atom is 0.0100 e. The second-order valence-corrected chi connectivity index (χ2v) is 7.17. The van der Waals surface area contributed by atoms with Crippen molar-refractivity contribution in [3.05, 3.63) is 0 Å². The predicted octanol–water partition coefficient (Wildman–Crippen LogP) is 4.70. The third-order valence-corrected chi connectivity index (χ3v) is 5.26. The van der Waals surface area contributed by atoms with Crippen molar-refractivity contribution in [1.82, 2.24) is 4.90 Å². The first-order valence-electron chi connectivity index (χ1n) is 7.29. The van der Waals surface area contributed by atoms with Crippen LogP contribution in [0.5, 0.6) is 0 Å². The molecule has 0 aromatic carbocycles. The van der Waals surface area contributed by atoms with Crippen LogP contribution in [0.3, 0.4) is 0 Å². The van der Waals surface area contributed by atoms with E-state index in [1.54, 1.807) is 0 Å². The zero-order chi connectivity index (χ0) is 12.9. The van der Waals surface area contributed by atoms with Crippen molar-refractivity contribution in [1.29, 1.82) is 0 Å². The Morgan fingerprint density at radius 1 is 1.06 bits per heavy atom. The van der Waals surface area contributed by atoms with Crippen LogP contribution in [0.2, 0.25) is 0 Å². The van der Waals surface area contributed by atoms with Crippen LogP contribution in [-0.4, -0.2) is 29.4 Å². The van der Waals surface area contributed by atoms with Gasteiger partial charge in [-0.05, 0) is 38.0 Å². The highest BCUT2D eigenvalue weighted by Gasteiger charge is 2.33. The van der Waals surface area contributed by atoms with E-state index in [2.05, 4.69) is 48.5 Å². The van der Waals surface area contributed by atoms with Crippen LogP contribution < -0.4 is 0 Å². The molecule has 1 nitrogen and oxygen atoms in total. The average Bonchev–Trinajstić information content (AvgIpc) is 2.29. The zero-order valence-electron chi connectivity index (χ0n) is 12.1. The molecule has 0 heterocycles. The van der Waals surface area contributed by atoms with Gasteiger partial charge in [-0.3, -0.25) is 0 Å². The third kappa shape index (κ3) is 4.90. The van der Waals surface area contributed by atoms with E-state index in [9.17, 15) is 0 Å². The van der Waals surface area contributed by atoms with Gasteiger partial charge in [-0.1, -0.05) is 49.0 Å². The summed E-state index contributed by atoms with van der Waals surface area (Å²) in [5, 5.41) is 1.18. The molecule has 0 saturated heterocycles. The molecule has 17 heavy (non-hydrogen) atoms. The first-order valence-corrected chi connectivity index (χ1v) is 8.41. The summed E-state index contributed by atoms with van der Waals surface area (Å²) in [5.74, 6) is 0.772. The lowest BCUT2D eigenvalue weighted by molar-refractivity contribution is 0.0942. The van der Waals surface area contributed by atoms with E-state index >= 15 is 0 Å². The fraction of sp³-hybridized carbons (Fsp3) is 1.00. The molecule has 1 rings (SSSR count). The SMILES string of the molecule is CC(C)CN(CC1(CBr)CCCCC1)C(C)C. The van der Waals surface area contributed by atoms with Crippen molar-refractivity contribution < 1.29 is 0 Å².